The molecule has 1 heterocycles. The molecule has 23 heavy (non-hydrogen) atoms. The molecule has 0 aliphatic carbocycles. The number of carbonyl (C=O) groups excluding carboxylic acids is 1. The predicted octanol–water partition coefficient (Wildman–Crippen LogP) is 3.90. The summed E-state index contributed by atoms with van der Waals surface area (Å²) >= 11 is 0. The summed E-state index contributed by atoms with van der Waals surface area (Å²) in [5.41, 5.74) is 0.922. The molecule has 4 nitrogen and oxygen atoms in total. The number of ether oxygens (including phenoxy) is 1. The van der Waals surface area contributed by atoms with E-state index in [1.807, 2.05) is 66.4 Å². The van der Waals surface area contributed by atoms with Crippen LogP contribution in [-0.4, -0.2) is 29.9 Å². The molecule has 1 amide bonds. The summed E-state index contributed by atoms with van der Waals surface area (Å²) in [5.74, 6) is 1.76. The highest BCUT2D eigenvalue weighted by molar-refractivity contribution is 5.84. The van der Waals surface area contributed by atoms with Gasteiger partial charge in [0, 0.05) is 18.8 Å². The number of carbonyl (C=O) groups is 1. The van der Waals surface area contributed by atoms with Crippen molar-refractivity contribution in [2.45, 2.75) is 25.8 Å². The molecule has 2 aromatic rings. The van der Waals surface area contributed by atoms with Crippen molar-refractivity contribution in [3.05, 3.63) is 54.6 Å². The zero-order chi connectivity index (χ0) is 16.1. The quantitative estimate of drug-likeness (QED) is 0.910. The molecule has 1 N–H and O–H groups in total. The first-order chi connectivity index (χ1) is 11.2. The third kappa shape index (κ3) is 4.03. The highest BCUT2D eigenvalue weighted by atomic mass is 16.5. The van der Waals surface area contributed by atoms with Crippen LogP contribution in [0.25, 0.3) is 0 Å². The van der Waals surface area contributed by atoms with Gasteiger partial charge in [0.05, 0.1) is 0 Å². The van der Waals surface area contributed by atoms with Gasteiger partial charge in [-0.05, 0) is 56.2 Å². The molecule has 0 spiro atoms. The largest absolute Gasteiger partial charge is 0.457 e. The van der Waals surface area contributed by atoms with Gasteiger partial charge in [0.15, 0.2) is 0 Å². The molecular weight excluding hydrogens is 288 g/mol. The van der Waals surface area contributed by atoms with Crippen LogP contribution in [0.15, 0.2) is 54.6 Å². The molecule has 1 fully saturated rings. The molecule has 4 heteroatoms. The lowest BCUT2D eigenvalue weighted by Gasteiger charge is -2.22. The minimum Gasteiger partial charge on any atom is -0.457 e. The average molecular weight is 310 g/mol. The first-order valence-corrected chi connectivity index (χ1v) is 8.11. The number of nitrogens with one attached hydrogen (secondary N) is 1. The van der Waals surface area contributed by atoms with Crippen molar-refractivity contribution in [3.63, 3.8) is 0 Å². The second kappa shape index (κ2) is 7.18. The zero-order valence-electron chi connectivity index (χ0n) is 13.4. The van der Waals surface area contributed by atoms with Crippen molar-refractivity contribution in [2.24, 2.45) is 0 Å². The Kier molecular flexibility index (Phi) is 4.81. The highest BCUT2D eigenvalue weighted by Crippen LogP contribution is 2.23. The van der Waals surface area contributed by atoms with Crippen LogP contribution in [0.4, 0.5) is 5.69 Å². The number of likely N-dealkylation sites (tertiary alicyclic amines) is 1. The van der Waals surface area contributed by atoms with Crippen molar-refractivity contribution < 1.29 is 9.53 Å². The maximum atomic E-state index is 12.3. The molecule has 0 radical (unpaired) electrons. The number of amides is 1. The van der Waals surface area contributed by atoms with Gasteiger partial charge in [-0.15, -0.1) is 0 Å². The van der Waals surface area contributed by atoms with E-state index in [9.17, 15) is 4.79 Å². The van der Waals surface area contributed by atoms with E-state index in [1.54, 1.807) is 0 Å². The average Bonchev–Trinajstić information content (AvgIpc) is 3.11. The van der Waals surface area contributed by atoms with Crippen LogP contribution in [0, 0.1) is 0 Å². The van der Waals surface area contributed by atoms with E-state index < -0.39 is 0 Å². The van der Waals surface area contributed by atoms with Crippen LogP contribution < -0.4 is 10.1 Å². The van der Waals surface area contributed by atoms with Gasteiger partial charge in [-0.1, -0.05) is 18.2 Å². The molecule has 0 unspecified atom stereocenters. The van der Waals surface area contributed by atoms with E-state index in [-0.39, 0.29) is 11.9 Å². The fourth-order valence-electron chi connectivity index (χ4n) is 2.77. The van der Waals surface area contributed by atoms with Crippen molar-refractivity contribution >= 4 is 11.6 Å². The Labute approximate surface area is 137 Å². The number of para-hydroxylation sites is 1. The van der Waals surface area contributed by atoms with E-state index >= 15 is 0 Å². The molecule has 1 saturated heterocycles. The van der Waals surface area contributed by atoms with Gasteiger partial charge in [-0.25, -0.2) is 0 Å². The molecule has 1 aliphatic heterocycles. The summed E-state index contributed by atoms with van der Waals surface area (Å²) in [6.45, 7) is 3.68. The standard InChI is InChI=1S/C19H22N2O2/c1-15(19(22)21-13-5-6-14-21)20-16-9-11-18(12-10-16)23-17-7-3-2-4-8-17/h2-4,7-12,15,20H,5-6,13-14H2,1H3/t15-/m0/s1. The Morgan fingerprint density at radius 3 is 2.26 bits per heavy atom. The Morgan fingerprint density at radius 1 is 1.00 bits per heavy atom. The summed E-state index contributed by atoms with van der Waals surface area (Å²) in [5, 5.41) is 3.26. The third-order valence-corrected chi connectivity index (χ3v) is 4.00. The minimum absolute atomic E-state index is 0.173. The number of hydrogen-bond acceptors (Lipinski definition) is 3. The van der Waals surface area contributed by atoms with Gasteiger partial charge in [0.25, 0.3) is 0 Å². The summed E-state index contributed by atoms with van der Waals surface area (Å²) in [7, 11) is 0. The molecule has 120 valence electrons. The lowest BCUT2D eigenvalue weighted by atomic mass is 10.2. The van der Waals surface area contributed by atoms with Crippen LogP contribution in [0.1, 0.15) is 19.8 Å². The molecule has 1 atom stereocenters. The van der Waals surface area contributed by atoms with Gasteiger partial charge >= 0.3 is 0 Å². The van der Waals surface area contributed by atoms with Crippen LogP contribution in [0.2, 0.25) is 0 Å². The Balaban J connectivity index is 1.57. The van der Waals surface area contributed by atoms with Crippen molar-refractivity contribution in [1.82, 2.24) is 4.90 Å². The van der Waals surface area contributed by atoms with Gasteiger partial charge < -0.3 is 15.0 Å². The molecule has 0 bridgehead atoms. The van der Waals surface area contributed by atoms with Crippen LogP contribution in [-0.2, 0) is 4.79 Å². The monoisotopic (exact) mass is 310 g/mol. The lowest BCUT2D eigenvalue weighted by molar-refractivity contribution is -0.130. The smallest absolute Gasteiger partial charge is 0.244 e. The first kappa shape index (κ1) is 15.4. The molecular formula is C19H22N2O2. The summed E-state index contributed by atoms with van der Waals surface area (Å²) in [4.78, 5) is 14.2. The SMILES string of the molecule is C[C@H](Nc1ccc(Oc2ccccc2)cc1)C(=O)N1CCCC1. The molecule has 2 aromatic carbocycles. The van der Waals surface area contributed by atoms with E-state index in [1.165, 1.54) is 0 Å². The van der Waals surface area contributed by atoms with E-state index in [2.05, 4.69) is 5.32 Å². The van der Waals surface area contributed by atoms with Crippen LogP contribution >= 0.6 is 0 Å². The topological polar surface area (TPSA) is 41.6 Å². The van der Waals surface area contributed by atoms with Crippen molar-refractivity contribution in [3.8, 4) is 11.5 Å². The highest BCUT2D eigenvalue weighted by Gasteiger charge is 2.22. The van der Waals surface area contributed by atoms with E-state index in [0.29, 0.717) is 0 Å². The number of rotatable bonds is 5. The van der Waals surface area contributed by atoms with Crippen LogP contribution in [0.3, 0.4) is 0 Å². The number of benzene rings is 2. The van der Waals surface area contributed by atoms with Gasteiger partial charge in [-0.2, -0.15) is 0 Å². The third-order valence-electron chi connectivity index (χ3n) is 4.00. The minimum atomic E-state index is -0.214. The lowest BCUT2D eigenvalue weighted by Crippen LogP contribution is -2.39. The number of nitrogens with zero attached hydrogens (tertiary/aromatic N) is 1. The van der Waals surface area contributed by atoms with Gasteiger partial charge in [0.2, 0.25) is 5.91 Å². The summed E-state index contributed by atoms with van der Waals surface area (Å²) in [6.07, 6.45) is 2.23. The second-order valence-electron chi connectivity index (χ2n) is 5.84. The summed E-state index contributed by atoms with van der Waals surface area (Å²) in [6, 6.07) is 17.1. The maximum absolute atomic E-state index is 12.3. The number of hydrogen-bond donors (Lipinski definition) is 1. The normalized spacial score (nSPS) is 15.3. The fraction of sp³-hybridized carbons (Fsp3) is 0.316. The predicted molar refractivity (Wildman–Crippen MR) is 91.9 cm³/mol. The Hall–Kier alpha value is -2.49. The maximum Gasteiger partial charge on any atom is 0.244 e. The molecule has 1 aliphatic rings. The zero-order valence-corrected chi connectivity index (χ0v) is 13.4. The Morgan fingerprint density at radius 2 is 1.61 bits per heavy atom. The van der Waals surface area contributed by atoms with Gasteiger partial charge in [-0.3, -0.25) is 4.79 Å². The van der Waals surface area contributed by atoms with Gasteiger partial charge in [0.1, 0.15) is 17.5 Å². The fourth-order valence-corrected chi connectivity index (χ4v) is 2.77. The van der Waals surface area contributed by atoms with Crippen LogP contribution in [0.5, 0.6) is 11.5 Å². The molecule has 0 aromatic heterocycles. The van der Waals surface area contributed by atoms with Crippen molar-refractivity contribution in [2.75, 3.05) is 18.4 Å². The van der Waals surface area contributed by atoms with Crippen molar-refractivity contribution in [1.29, 1.82) is 0 Å². The summed E-state index contributed by atoms with van der Waals surface area (Å²) < 4.78 is 5.76. The number of anilines is 1. The second-order valence-corrected chi connectivity index (χ2v) is 5.84. The first-order valence-electron chi connectivity index (χ1n) is 8.11. The molecule has 3 rings (SSSR count). The molecule has 0 saturated carbocycles. The van der Waals surface area contributed by atoms with E-state index in [0.717, 1.165) is 43.1 Å². The van der Waals surface area contributed by atoms with E-state index in [4.69, 9.17) is 4.74 Å². The Bertz CT molecular complexity index is 634.